The summed E-state index contributed by atoms with van der Waals surface area (Å²) >= 11 is 0. The van der Waals surface area contributed by atoms with Crippen LogP contribution in [0.1, 0.15) is 6.42 Å². The molecule has 25 heavy (non-hydrogen) atoms. The lowest BCUT2D eigenvalue weighted by molar-refractivity contribution is 0.0358. The van der Waals surface area contributed by atoms with Crippen molar-refractivity contribution < 1.29 is 9.47 Å². The number of nitrogens with zero attached hydrogens (tertiary/aromatic N) is 2. The number of hydrogen-bond acceptors (Lipinski definition) is 3. The van der Waals surface area contributed by atoms with E-state index in [1.807, 2.05) is 6.07 Å². The zero-order valence-electron chi connectivity index (χ0n) is 14.4. The van der Waals surface area contributed by atoms with E-state index in [9.17, 15) is 0 Å². The van der Waals surface area contributed by atoms with Crippen molar-refractivity contribution in [1.29, 1.82) is 0 Å². The predicted octanol–water partition coefficient (Wildman–Crippen LogP) is 3.71. The molecule has 4 heteroatoms. The molecule has 2 aromatic heterocycles. The molecule has 0 spiro atoms. The highest BCUT2D eigenvalue weighted by atomic mass is 16.5. The second-order valence-corrected chi connectivity index (χ2v) is 6.45. The van der Waals surface area contributed by atoms with Crippen LogP contribution < -0.4 is 4.74 Å². The van der Waals surface area contributed by atoms with Crippen molar-refractivity contribution in [3.05, 3.63) is 60.9 Å². The van der Waals surface area contributed by atoms with Crippen molar-refractivity contribution in [3.8, 4) is 16.9 Å². The number of morpholine rings is 1. The lowest BCUT2D eigenvalue weighted by Crippen LogP contribution is -2.37. The first-order valence-electron chi connectivity index (χ1n) is 8.98. The fraction of sp³-hybridized carbons (Fsp3) is 0.333. The molecule has 0 saturated carbocycles. The van der Waals surface area contributed by atoms with Gasteiger partial charge in [-0.3, -0.25) is 4.90 Å². The standard InChI is InChI=1S/C21H24N2O2/c1-2-5-18(6-3-1)19-15-20-7-8-21(17-23(20)16-19)25-12-4-9-22-10-13-24-14-11-22/h1-3,5-8,15-17H,4,9-14H2. The van der Waals surface area contributed by atoms with E-state index in [2.05, 4.69) is 64.2 Å². The molecule has 0 aliphatic carbocycles. The zero-order chi connectivity index (χ0) is 16.9. The van der Waals surface area contributed by atoms with Crippen molar-refractivity contribution in [2.75, 3.05) is 39.5 Å². The van der Waals surface area contributed by atoms with E-state index in [1.165, 1.54) is 16.6 Å². The first-order chi connectivity index (χ1) is 12.4. The first-order valence-corrected chi connectivity index (χ1v) is 8.98. The van der Waals surface area contributed by atoms with Gasteiger partial charge in [0.1, 0.15) is 5.75 Å². The van der Waals surface area contributed by atoms with Crippen LogP contribution in [-0.4, -0.2) is 48.8 Å². The molecule has 0 atom stereocenters. The Labute approximate surface area is 148 Å². The first kappa shape index (κ1) is 16.2. The topological polar surface area (TPSA) is 26.1 Å². The molecule has 3 aromatic rings. The van der Waals surface area contributed by atoms with E-state index in [4.69, 9.17) is 9.47 Å². The van der Waals surface area contributed by atoms with Crippen molar-refractivity contribution in [2.24, 2.45) is 0 Å². The lowest BCUT2D eigenvalue weighted by Gasteiger charge is -2.26. The number of benzene rings is 1. The van der Waals surface area contributed by atoms with Gasteiger partial charge in [0, 0.05) is 36.9 Å². The molecular formula is C21H24N2O2. The highest BCUT2D eigenvalue weighted by Crippen LogP contribution is 2.24. The highest BCUT2D eigenvalue weighted by Gasteiger charge is 2.09. The molecule has 1 aromatic carbocycles. The minimum atomic E-state index is 0.746. The number of pyridine rings is 1. The fourth-order valence-corrected chi connectivity index (χ4v) is 3.27. The molecule has 3 heterocycles. The van der Waals surface area contributed by atoms with Crippen LogP contribution in [-0.2, 0) is 4.74 Å². The van der Waals surface area contributed by atoms with E-state index < -0.39 is 0 Å². The van der Waals surface area contributed by atoms with Gasteiger partial charge < -0.3 is 13.9 Å². The number of rotatable bonds is 6. The second kappa shape index (κ2) is 7.72. The van der Waals surface area contributed by atoms with E-state index in [0.717, 1.165) is 51.6 Å². The Bertz CT molecular complexity index is 807. The molecule has 1 saturated heterocycles. The Kier molecular flexibility index (Phi) is 5.00. The van der Waals surface area contributed by atoms with Gasteiger partial charge in [-0.2, -0.15) is 0 Å². The van der Waals surface area contributed by atoms with Crippen LogP contribution in [0.2, 0.25) is 0 Å². The van der Waals surface area contributed by atoms with Crippen LogP contribution >= 0.6 is 0 Å². The van der Waals surface area contributed by atoms with Crippen LogP contribution in [0.5, 0.6) is 5.75 Å². The zero-order valence-corrected chi connectivity index (χ0v) is 14.4. The third kappa shape index (κ3) is 4.03. The third-order valence-electron chi connectivity index (χ3n) is 4.66. The third-order valence-corrected chi connectivity index (χ3v) is 4.66. The Morgan fingerprint density at radius 2 is 1.76 bits per heavy atom. The van der Waals surface area contributed by atoms with Gasteiger partial charge in [-0.15, -0.1) is 0 Å². The molecule has 0 bridgehead atoms. The van der Waals surface area contributed by atoms with Crippen LogP contribution in [0.15, 0.2) is 60.9 Å². The summed E-state index contributed by atoms with van der Waals surface area (Å²) in [5, 5.41) is 0. The average molecular weight is 336 g/mol. The van der Waals surface area contributed by atoms with Crippen LogP contribution in [0, 0.1) is 0 Å². The lowest BCUT2D eigenvalue weighted by atomic mass is 10.1. The van der Waals surface area contributed by atoms with Gasteiger partial charge >= 0.3 is 0 Å². The maximum Gasteiger partial charge on any atom is 0.135 e. The van der Waals surface area contributed by atoms with Gasteiger partial charge in [0.2, 0.25) is 0 Å². The number of hydrogen-bond donors (Lipinski definition) is 0. The molecule has 1 aliphatic heterocycles. The van der Waals surface area contributed by atoms with Gasteiger partial charge in [-0.1, -0.05) is 30.3 Å². The summed E-state index contributed by atoms with van der Waals surface area (Å²) in [6.45, 7) is 5.61. The SMILES string of the molecule is c1ccc(-c2cc3ccc(OCCCN4CCOCC4)cn3c2)cc1. The van der Waals surface area contributed by atoms with Crippen molar-refractivity contribution >= 4 is 5.52 Å². The van der Waals surface area contributed by atoms with Crippen molar-refractivity contribution in [3.63, 3.8) is 0 Å². The van der Waals surface area contributed by atoms with Crippen LogP contribution in [0.4, 0.5) is 0 Å². The Morgan fingerprint density at radius 3 is 2.60 bits per heavy atom. The van der Waals surface area contributed by atoms with E-state index in [1.54, 1.807) is 0 Å². The summed E-state index contributed by atoms with van der Waals surface area (Å²) < 4.78 is 13.5. The second-order valence-electron chi connectivity index (χ2n) is 6.45. The molecule has 0 unspecified atom stereocenters. The monoisotopic (exact) mass is 336 g/mol. The highest BCUT2D eigenvalue weighted by molar-refractivity contribution is 5.70. The molecule has 1 fully saturated rings. The Hall–Kier alpha value is -2.30. The predicted molar refractivity (Wildman–Crippen MR) is 100 cm³/mol. The van der Waals surface area contributed by atoms with Gasteiger partial charge in [0.15, 0.2) is 0 Å². The number of ether oxygens (including phenoxy) is 2. The van der Waals surface area contributed by atoms with Crippen LogP contribution in [0.25, 0.3) is 16.6 Å². The largest absolute Gasteiger partial charge is 0.492 e. The molecule has 4 nitrogen and oxygen atoms in total. The van der Waals surface area contributed by atoms with Crippen molar-refractivity contribution in [2.45, 2.75) is 6.42 Å². The summed E-state index contributed by atoms with van der Waals surface area (Å²) in [4.78, 5) is 2.44. The molecular weight excluding hydrogens is 312 g/mol. The molecule has 0 radical (unpaired) electrons. The Morgan fingerprint density at radius 1 is 0.920 bits per heavy atom. The van der Waals surface area contributed by atoms with E-state index >= 15 is 0 Å². The van der Waals surface area contributed by atoms with E-state index in [-0.39, 0.29) is 0 Å². The van der Waals surface area contributed by atoms with Crippen molar-refractivity contribution in [1.82, 2.24) is 9.30 Å². The summed E-state index contributed by atoms with van der Waals surface area (Å²) in [6, 6.07) is 16.8. The summed E-state index contributed by atoms with van der Waals surface area (Å²) in [5.74, 6) is 0.921. The summed E-state index contributed by atoms with van der Waals surface area (Å²) in [7, 11) is 0. The van der Waals surface area contributed by atoms with Gasteiger partial charge in [-0.25, -0.2) is 0 Å². The fourth-order valence-electron chi connectivity index (χ4n) is 3.27. The summed E-state index contributed by atoms with van der Waals surface area (Å²) in [6.07, 6.45) is 5.26. The number of fused-ring (bicyclic) bond motifs is 1. The molecule has 4 rings (SSSR count). The Balaban J connectivity index is 1.36. The number of aromatic nitrogens is 1. The van der Waals surface area contributed by atoms with E-state index in [0.29, 0.717) is 0 Å². The minimum Gasteiger partial charge on any atom is -0.492 e. The maximum absolute atomic E-state index is 5.94. The average Bonchev–Trinajstić information content (AvgIpc) is 3.10. The maximum atomic E-state index is 5.94. The molecule has 1 aliphatic rings. The van der Waals surface area contributed by atoms with Gasteiger partial charge in [0.25, 0.3) is 0 Å². The minimum absolute atomic E-state index is 0.746. The van der Waals surface area contributed by atoms with Crippen LogP contribution in [0.3, 0.4) is 0 Å². The van der Waals surface area contributed by atoms with Gasteiger partial charge in [0.05, 0.1) is 26.0 Å². The molecule has 0 amide bonds. The normalized spacial score (nSPS) is 15.5. The molecule has 130 valence electrons. The molecule has 0 N–H and O–H groups in total. The quantitative estimate of drug-likeness (QED) is 0.642. The smallest absolute Gasteiger partial charge is 0.135 e. The van der Waals surface area contributed by atoms with Gasteiger partial charge in [-0.05, 0) is 30.2 Å². The summed E-state index contributed by atoms with van der Waals surface area (Å²) in [5.41, 5.74) is 3.64.